The fourth-order valence-corrected chi connectivity index (χ4v) is 4.59. The molecule has 9 heteroatoms. The maximum atomic E-state index is 13.5. The Morgan fingerprint density at radius 1 is 1.18 bits per heavy atom. The van der Waals surface area contributed by atoms with Crippen molar-refractivity contribution in [1.82, 2.24) is 9.88 Å². The first-order valence-electron chi connectivity index (χ1n) is 10.6. The number of ether oxygens (including phenoxy) is 1. The highest BCUT2D eigenvalue weighted by Gasteiger charge is 2.23. The van der Waals surface area contributed by atoms with Crippen LogP contribution in [0.15, 0.2) is 84.2 Å². The Bertz CT molecular complexity index is 1280. The first-order valence-corrected chi connectivity index (χ1v) is 12.3. The number of benzene rings is 2. The molecule has 3 aromatic rings. The van der Waals surface area contributed by atoms with Crippen molar-refractivity contribution in [1.29, 1.82) is 0 Å². The van der Waals surface area contributed by atoms with Crippen molar-refractivity contribution in [3.05, 3.63) is 96.2 Å². The summed E-state index contributed by atoms with van der Waals surface area (Å²) in [6.45, 7) is 2.48. The van der Waals surface area contributed by atoms with Gasteiger partial charge in [0, 0.05) is 25.9 Å². The second kappa shape index (κ2) is 11.4. The van der Waals surface area contributed by atoms with Crippen molar-refractivity contribution in [2.75, 3.05) is 24.7 Å². The molecule has 0 atom stereocenters. The maximum absolute atomic E-state index is 13.5. The van der Waals surface area contributed by atoms with E-state index in [0.29, 0.717) is 23.6 Å². The van der Waals surface area contributed by atoms with Crippen molar-refractivity contribution >= 4 is 21.4 Å². The van der Waals surface area contributed by atoms with Crippen LogP contribution >= 0.6 is 0 Å². The Morgan fingerprint density at radius 2 is 1.97 bits per heavy atom. The zero-order chi connectivity index (χ0) is 24.6. The van der Waals surface area contributed by atoms with Crippen LogP contribution in [0.5, 0.6) is 5.75 Å². The molecule has 34 heavy (non-hydrogen) atoms. The summed E-state index contributed by atoms with van der Waals surface area (Å²) in [6, 6.07) is 13.7. The Hall–Kier alpha value is -3.72. The van der Waals surface area contributed by atoms with E-state index in [1.54, 1.807) is 49.8 Å². The summed E-state index contributed by atoms with van der Waals surface area (Å²) < 4.78 is 45.0. The van der Waals surface area contributed by atoms with Crippen LogP contribution in [-0.2, 0) is 16.4 Å². The second-order valence-corrected chi connectivity index (χ2v) is 9.42. The lowest BCUT2D eigenvalue weighted by Crippen LogP contribution is -2.28. The SMILES string of the molecule is CCOc1ccncc1NC=CCS(=O)(=O)c1ccccc1C(=O)N(C)Cc1cccc(F)c1. The van der Waals surface area contributed by atoms with E-state index in [0.717, 1.165) is 0 Å². The van der Waals surface area contributed by atoms with Crippen LogP contribution in [0.25, 0.3) is 0 Å². The van der Waals surface area contributed by atoms with Crippen molar-refractivity contribution < 1.29 is 22.3 Å². The van der Waals surface area contributed by atoms with Gasteiger partial charge in [-0.3, -0.25) is 9.78 Å². The van der Waals surface area contributed by atoms with Crippen LogP contribution in [0.4, 0.5) is 10.1 Å². The number of carbonyl (C=O) groups is 1. The molecule has 0 radical (unpaired) electrons. The second-order valence-electron chi connectivity index (χ2n) is 7.42. The molecule has 0 saturated carbocycles. The van der Waals surface area contributed by atoms with Crippen LogP contribution in [-0.4, -0.2) is 43.6 Å². The van der Waals surface area contributed by atoms with E-state index in [2.05, 4.69) is 10.3 Å². The lowest BCUT2D eigenvalue weighted by Gasteiger charge is -2.19. The quantitative estimate of drug-likeness (QED) is 0.463. The standard InChI is InChI=1S/C25H26FN3O4S/c1-3-33-23-12-14-27-17-22(23)28-13-7-15-34(31,32)24-11-5-4-10-21(24)25(30)29(2)18-19-8-6-9-20(26)16-19/h4-14,16-17,28H,3,15,18H2,1-2H3. The number of amides is 1. The number of hydrogen-bond donors (Lipinski definition) is 1. The van der Waals surface area contributed by atoms with E-state index in [1.807, 2.05) is 6.92 Å². The summed E-state index contributed by atoms with van der Waals surface area (Å²) in [5.74, 6) is -0.590. The average molecular weight is 484 g/mol. The van der Waals surface area contributed by atoms with Gasteiger partial charge in [-0.25, -0.2) is 12.8 Å². The number of sulfone groups is 1. The third-order valence-electron chi connectivity index (χ3n) is 4.86. The van der Waals surface area contributed by atoms with Gasteiger partial charge in [-0.2, -0.15) is 0 Å². The number of carbonyl (C=O) groups excluding carboxylic acids is 1. The van der Waals surface area contributed by atoms with Crippen LogP contribution in [0.3, 0.4) is 0 Å². The van der Waals surface area contributed by atoms with E-state index in [9.17, 15) is 17.6 Å². The van der Waals surface area contributed by atoms with Gasteiger partial charge in [-0.15, -0.1) is 0 Å². The summed E-state index contributed by atoms with van der Waals surface area (Å²) in [4.78, 5) is 18.4. The molecule has 1 N–H and O–H groups in total. The molecule has 0 aliphatic carbocycles. The molecule has 0 bridgehead atoms. The number of hydrogen-bond acceptors (Lipinski definition) is 6. The Labute approximate surface area is 198 Å². The molecule has 1 amide bonds. The molecular formula is C25H26FN3O4S. The predicted octanol–water partition coefficient (Wildman–Crippen LogP) is 4.29. The summed E-state index contributed by atoms with van der Waals surface area (Å²) in [5, 5.41) is 2.97. The molecule has 0 saturated heterocycles. The number of anilines is 1. The Balaban J connectivity index is 1.73. The monoisotopic (exact) mass is 483 g/mol. The largest absolute Gasteiger partial charge is 0.492 e. The number of aromatic nitrogens is 1. The minimum absolute atomic E-state index is 0.0628. The molecule has 0 spiro atoms. The van der Waals surface area contributed by atoms with Gasteiger partial charge >= 0.3 is 0 Å². The highest BCUT2D eigenvalue weighted by atomic mass is 32.2. The van der Waals surface area contributed by atoms with Gasteiger partial charge in [-0.1, -0.05) is 30.3 Å². The molecule has 1 aromatic heterocycles. The first kappa shape index (κ1) is 24.9. The molecule has 0 aliphatic heterocycles. The van der Waals surface area contributed by atoms with E-state index < -0.39 is 21.6 Å². The third-order valence-corrected chi connectivity index (χ3v) is 6.52. The summed E-state index contributed by atoms with van der Waals surface area (Å²) in [6.07, 6.45) is 6.13. The van der Waals surface area contributed by atoms with Crippen LogP contribution in [0, 0.1) is 5.82 Å². The normalized spacial score (nSPS) is 11.4. The average Bonchev–Trinajstić information content (AvgIpc) is 2.82. The maximum Gasteiger partial charge on any atom is 0.255 e. The zero-order valence-electron chi connectivity index (χ0n) is 18.9. The molecule has 0 aliphatic rings. The topological polar surface area (TPSA) is 88.6 Å². The zero-order valence-corrected chi connectivity index (χ0v) is 19.8. The highest BCUT2D eigenvalue weighted by Crippen LogP contribution is 2.23. The Morgan fingerprint density at radius 3 is 2.74 bits per heavy atom. The number of halogens is 1. The molecule has 1 heterocycles. The van der Waals surface area contributed by atoms with Crippen molar-refractivity contribution in [2.24, 2.45) is 0 Å². The van der Waals surface area contributed by atoms with E-state index in [-0.39, 0.29) is 22.8 Å². The predicted molar refractivity (Wildman–Crippen MR) is 129 cm³/mol. The number of rotatable bonds is 10. The van der Waals surface area contributed by atoms with Crippen molar-refractivity contribution in [3.8, 4) is 5.75 Å². The van der Waals surface area contributed by atoms with Gasteiger partial charge in [-0.05, 0) is 43.0 Å². The molecular weight excluding hydrogens is 457 g/mol. The van der Waals surface area contributed by atoms with Crippen LogP contribution in [0.1, 0.15) is 22.8 Å². The third kappa shape index (κ3) is 6.41. The van der Waals surface area contributed by atoms with Gasteiger partial charge in [0.15, 0.2) is 9.84 Å². The lowest BCUT2D eigenvalue weighted by molar-refractivity contribution is 0.0781. The fraction of sp³-hybridized carbons (Fsp3) is 0.200. The Kier molecular flexibility index (Phi) is 8.37. The highest BCUT2D eigenvalue weighted by molar-refractivity contribution is 7.91. The summed E-state index contributed by atoms with van der Waals surface area (Å²) in [5.41, 5.74) is 1.27. The van der Waals surface area contributed by atoms with Crippen LogP contribution < -0.4 is 10.1 Å². The van der Waals surface area contributed by atoms with Crippen molar-refractivity contribution in [3.63, 3.8) is 0 Å². The van der Waals surface area contributed by atoms with Crippen molar-refractivity contribution in [2.45, 2.75) is 18.4 Å². The van der Waals surface area contributed by atoms with Gasteiger partial charge in [0.05, 0.1) is 34.7 Å². The van der Waals surface area contributed by atoms with E-state index >= 15 is 0 Å². The molecule has 3 rings (SSSR count). The van der Waals surface area contributed by atoms with Gasteiger partial charge in [0.1, 0.15) is 11.6 Å². The first-order chi connectivity index (χ1) is 16.3. The van der Waals surface area contributed by atoms with Gasteiger partial charge < -0.3 is 15.0 Å². The summed E-state index contributed by atoms with van der Waals surface area (Å²) >= 11 is 0. The molecule has 178 valence electrons. The smallest absolute Gasteiger partial charge is 0.255 e. The number of nitrogens with zero attached hydrogens (tertiary/aromatic N) is 2. The lowest BCUT2D eigenvalue weighted by atomic mass is 10.1. The number of nitrogens with one attached hydrogen (secondary N) is 1. The number of pyridine rings is 1. The molecule has 7 nitrogen and oxygen atoms in total. The van der Waals surface area contributed by atoms with Gasteiger partial charge in [0.25, 0.3) is 5.91 Å². The fourth-order valence-electron chi connectivity index (χ4n) is 3.29. The van der Waals surface area contributed by atoms with E-state index in [1.165, 1.54) is 41.4 Å². The minimum Gasteiger partial charge on any atom is -0.492 e. The minimum atomic E-state index is -3.80. The van der Waals surface area contributed by atoms with Crippen LogP contribution in [0.2, 0.25) is 0 Å². The molecule has 0 fully saturated rings. The van der Waals surface area contributed by atoms with Gasteiger partial charge in [0.2, 0.25) is 0 Å². The summed E-state index contributed by atoms with van der Waals surface area (Å²) in [7, 11) is -2.26. The molecule has 0 unspecified atom stereocenters. The van der Waals surface area contributed by atoms with E-state index in [4.69, 9.17) is 4.74 Å². The molecule has 2 aromatic carbocycles.